The first kappa shape index (κ1) is 18.0. The molecule has 6 heteroatoms. The topological polar surface area (TPSA) is 52.7 Å². The third-order valence-electron chi connectivity index (χ3n) is 5.24. The Morgan fingerprint density at radius 2 is 1.59 bits per heavy atom. The molecule has 2 fully saturated rings. The summed E-state index contributed by atoms with van der Waals surface area (Å²) in [6.07, 6.45) is 2.72. The van der Waals surface area contributed by atoms with Gasteiger partial charge in [-0.25, -0.2) is 0 Å². The number of benzene rings is 2. The van der Waals surface area contributed by atoms with Crippen molar-refractivity contribution in [2.45, 2.75) is 19.3 Å². The van der Waals surface area contributed by atoms with E-state index in [4.69, 9.17) is 0 Å². The molecule has 2 heterocycles. The Bertz CT molecular complexity index is 830. The van der Waals surface area contributed by atoms with Gasteiger partial charge in [-0.05, 0) is 61.4 Å². The zero-order valence-corrected chi connectivity index (χ0v) is 16.6. The smallest absolute Gasteiger partial charge is 0.229 e. The molecule has 1 N–H and O–H groups in total. The van der Waals surface area contributed by atoms with Crippen molar-refractivity contribution in [2.75, 3.05) is 34.8 Å². The largest absolute Gasteiger partial charge is 0.372 e. The highest BCUT2D eigenvalue weighted by atomic mass is 79.9. The van der Waals surface area contributed by atoms with Gasteiger partial charge < -0.3 is 15.1 Å². The maximum Gasteiger partial charge on any atom is 0.229 e. The first-order chi connectivity index (χ1) is 13.1. The standard InChI is InChI=1S/C21H22BrN3O2/c22-16-3-7-19(8-4-16)25-14-15(13-20(25)26)21(27)23-17-5-9-18(10-6-17)24-11-1-2-12-24/h3-10,15H,1-2,11-14H2,(H,23,27)/t15-/m1/s1. The van der Waals surface area contributed by atoms with E-state index < -0.39 is 0 Å². The first-order valence-corrected chi connectivity index (χ1v) is 10.1. The number of halogens is 1. The van der Waals surface area contributed by atoms with Gasteiger partial charge in [-0.3, -0.25) is 9.59 Å². The SMILES string of the molecule is O=C(Nc1ccc(N2CCCC2)cc1)[C@@H]1CC(=O)N(c2ccc(Br)cc2)C1. The van der Waals surface area contributed by atoms with Crippen molar-refractivity contribution in [3.63, 3.8) is 0 Å². The third kappa shape index (κ3) is 4.00. The van der Waals surface area contributed by atoms with E-state index in [2.05, 4.69) is 38.3 Å². The van der Waals surface area contributed by atoms with Gasteiger partial charge in [0.2, 0.25) is 11.8 Å². The average Bonchev–Trinajstić information content (AvgIpc) is 3.33. The Kier molecular flexibility index (Phi) is 5.16. The second-order valence-electron chi connectivity index (χ2n) is 7.11. The van der Waals surface area contributed by atoms with Gasteiger partial charge in [-0.1, -0.05) is 15.9 Å². The van der Waals surface area contributed by atoms with Crippen LogP contribution in [0.3, 0.4) is 0 Å². The van der Waals surface area contributed by atoms with Crippen molar-refractivity contribution in [3.05, 3.63) is 53.0 Å². The van der Waals surface area contributed by atoms with Crippen molar-refractivity contribution in [3.8, 4) is 0 Å². The molecular weight excluding hydrogens is 406 g/mol. The van der Waals surface area contributed by atoms with E-state index in [0.29, 0.717) is 6.54 Å². The molecule has 0 unspecified atom stereocenters. The van der Waals surface area contributed by atoms with Crippen molar-refractivity contribution < 1.29 is 9.59 Å². The van der Waals surface area contributed by atoms with Crippen LogP contribution in [0.5, 0.6) is 0 Å². The molecule has 0 aliphatic carbocycles. The van der Waals surface area contributed by atoms with Gasteiger partial charge in [0.15, 0.2) is 0 Å². The van der Waals surface area contributed by atoms with Gasteiger partial charge in [0, 0.05) is 47.6 Å². The molecule has 2 amide bonds. The van der Waals surface area contributed by atoms with Crippen LogP contribution in [-0.2, 0) is 9.59 Å². The molecule has 140 valence electrons. The number of carbonyl (C=O) groups is 2. The summed E-state index contributed by atoms with van der Waals surface area (Å²) < 4.78 is 0.963. The van der Waals surface area contributed by atoms with E-state index in [1.165, 1.54) is 18.5 Å². The number of hydrogen-bond donors (Lipinski definition) is 1. The first-order valence-electron chi connectivity index (χ1n) is 9.32. The fourth-order valence-electron chi connectivity index (χ4n) is 3.73. The summed E-state index contributed by atoms with van der Waals surface area (Å²) in [5.74, 6) is -0.446. The van der Waals surface area contributed by atoms with Gasteiger partial charge >= 0.3 is 0 Å². The Morgan fingerprint density at radius 1 is 0.963 bits per heavy atom. The molecule has 4 rings (SSSR count). The highest BCUT2D eigenvalue weighted by Gasteiger charge is 2.35. The summed E-state index contributed by atoms with van der Waals surface area (Å²) in [5.41, 5.74) is 2.80. The fraction of sp³-hybridized carbons (Fsp3) is 0.333. The molecule has 0 saturated carbocycles. The minimum atomic E-state index is -0.334. The number of nitrogens with one attached hydrogen (secondary N) is 1. The summed E-state index contributed by atoms with van der Waals surface area (Å²) in [6, 6.07) is 15.6. The van der Waals surface area contributed by atoms with Crippen molar-refractivity contribution in [2.24, 2.45) is 5.92 Å². The fourth-order valence-corrected chi connectivity index (χ4v) is 3.99. The highest BCUT2D eigenvalue weighted by Crippen LogP contribution is 2.28. The number of rotatable bonds is 4. The van der Waals surface area contributed by atoms with Crippen LogP contribution in [0.4, 0.5) is 17.1 Å². The van der Waals surface area contributed by atoms with E-state index in [9.17, 15) is 9.59 Å². The van der Waals surface area contributed by atoms with Crippen LogP contribution in [0.2, 0.25) is 0 Å². The molecule has 0 radical (unpaired) electrons. The molecule has 2 aliphatic heterocycles. The minimum Gasteiger partial charge on any atom is -0.372 e. The van der Waals surface area contributed by atoms with Crippen LogP contribution in [-0.4, -0.2) is 31.4 Å². The highest BCUT2D eigenvalue weighted by molar-refractivity contribution is 9.10. The number of amides is 2. The molecule has 0 spiro atoms. The quantitative estimate of drug-likeness (QED) is 0.800. The van der Waals surface area contributed by atoms with E-state index in [1.54, 1.807) is 4.90 Å². The lowest BCUT2D eigenvalue weighted by molar-refractivity contribution is -0.122. The molecule has 5 nitrogen and oxygen atoms in total. The summed E-state index contributed by atoms with van der Waals surface area (Å²) in [4.78, 5) is 29.0. The summed E-state index contributed by atoms with van der Waals surface area (Å²) in [5, 5.41) is 2.96. The molecule has 2 saturated heterocycles. The lowest BCUT2D eigenvalue weighted by Gasteiger charge is -2.18. The average molecular weight is 428 g/mol. The number of anilines is 3. The summed E-state index contributed by atoms with van der Waals surface area (Å²) in [7, 11) is 0. The minimum absolute atomic E-state index is 0.0122. The molecule has 27 heavy (non-hydrogen) atoms. The maximum atomic E-state index is 12.6. The normalized spacial score (nSPS) is 19.6. The molecule has 2 aliphatic rings. The Balaban J connectivity index is 1.38. The van der Waals surface area contributed by atoms with Gasteiger partial charge in [0.1, 0.15) is 0 Å². The maximum absolute atomic E-state index is 12.6. The Morgan fingerprint density at radius 3 is 2.26 bits per heavy atom. The van der Waals surface area contributed by atoms with Crippen molar-refractivity contribution >= 4 is 44.8 Å². The predicted octanol–water partition coefficient (Wildman–Crippen LogP) is 4.04. The van der Waals surface area contributed by atoms with Crippen LogP contribution in [0, 0.1) is 5.92 Å². The zero-order chi connectivity index (χ0) is 18.8. The Hall–Kier alpha value is -2.34. The molecule has 2 aromatic rings. The summed E-state index contributed by atoms with van der Waals surface area (Å²) in [6.45, 7) is 2.61. The van der Waals surface area contributed by atoms with E-state index >= 15 is 0 Å². The number of carbonyl (C=O) groups excluding carboxylic acids is 2. The zero-order valence-electron chi connectivity index (χ0n) is 15.0. The Labute approximate surface area is 167 Å². The van der Waals surface area contributed by atoms with Gasteiger partial charge in [-0.15, -0.1) is 0 Å². The van der Waals surface area contributed by atoms with Crippen molar-refractivity contribution in [1.29, 1.82) is 0 Å². The van der Waals surface area contributed by atoms with Crippen LogP contribution in [0.25, 0.3) is 0 Å². The summed E-state index contributed by atoms with van der Waals surface area (Å²) >= 11 is 3.40. The van der Waals surface area contributed by atoms with Gasteiger partial charge in [-0.2, -0.15) is 0 Å². The second kappa shape index (κ2) is 7.72. The molecule has 1 atom stereocenters. The van der Waals surface area contributed by atoms with Gasteiger partial charge in [0.25, 0.3) is 0 Å². The number of hydrogen-bond acceptors (Lipinski definition) is 3. The third-order valence-corrected chi connectivity index (χ3v) is 5.77. The number of nitrogens with zero attached hydrogens (tertiary/aromatic N) is 2. The molecule has 0 aromatic heterocycles. The molecule has 2 aromatic carbocycles. The van der Waals surface area contributed by atoms with Crippen LogP contribution < -0.4 is 15.1 Å². The van der Waals surface area contributed by atoms with Gasteiger partial charge in [0.05, 0.1) is 5.92 Å². The van der Waals surface area contributed by atoms with E-state index in [1.807, 2.05) is 36.4 Å². The monoisotopic (exact) mass is 427 g/mol. The van der Waals surface area contributed by atoms with Crippen molar-refractivity contribution in [1.82, 2.24) is 0 Å². The lowest BCUT2D eigenvalue weighted by atomic mass is 10.1. The molecule has 0 bridgehead atoms. The predicted molar refractivity (Wildman–Crippen MR) is 111 cm³/mol. The van der Waals surface area contributed by atoms with Crippen LogP contribution >= 0.6 is 15.9 Å². The second-order valence-corrected chi connectivity index (χ2v) is 8.03. The van der Waals surface area contributed by atoms with Crippen LogP contribution in [0.15, 0.2) is 53.0 Å². The van der Waals surface area contributed by atoms with E-state index in [-0.39, 0.29) is 24.2 Å². The molecular formula is C21H22BrN3O2. The lowest BCUT2D eigenvalue weighted by Crippen LogP contribution is -2.28. The van der Waals surface area contributed by atoms with Crippen LogP contribution in [0.1, 0.15) is 19.3 Å². The van der Waals surface area contributed by atoms with E-state index in [0.717, 1.165) is 28.9 Å².